The van der Waals surface area contributed by atoms with E-state index in [9.17, 15) is 0 Å². The van der Waals surface area contributed by atoms with Gasteiger partial charge in [0.1, 0.15) is 0 Å². The summed E-state index contributed by atoms with van der Waals surface area (Å²) in [4.78, 5) is 2.13. The summed E-state index contributed by atoms with van der Waals surface area (Å²) >= 11 is 4.11. The lowest BCUT2D eigenvalue weighted by Crippen LogP contribution is -2.18. The molecule has 0 unspecified atom stereocenters. The van der Waals surface area contributed by atoms with Crippen molar-refractivity contribution >= 4 is 12.6 Å². The third-order valence-corrected chi connectivity index (χ3v) is 1.65. The fraction of sp³-hybridized carbons (Fsp3) is 0.800. The Morgan fingerprint density at radius 2 is 1.75 bits per heavy atom. The summed E-state index contributed by atoms with van der Waals surface area (Å²) in [5.74, 6) is 0.760. The molecule has 0 spiro atoms. The van der Waals surface area contributed by atoms with Gasteiger partial charge in [0.25, 0.3) is 0 Å². The molecule has 0 N–H and O–H groups in total. The number of hydrogen-bond donors (Lipinski definition) is 1. The van der Waals surface area contributed by atoms with E-state index in [1.54, 1.807) is 0 Å². The topological polar surface area (TPSA) is 3.24 Å². The molecular weight excluding hydrogens is 166 g/mol. The summed E-state index contributed by atoms with van der Waals surface area (Å²) in [6.07, 6.45) is 2.42. The molecule has 74 valence electrons. The molecule has 0 heterocycles. The van der Waals surface area contributed by atoms with Gasteiger partial charge in [-0.25, -0.2) is 0 Å². The zero-order valence-electron chi connectivity index (χ0n) is 8.93. The quantitative estimate of drug-likeness (QED) is 0.665. The van der Waals surface area contributed by atoms with E-state index in [0.29, 0.717) is 0 Å². The molecule has 0 fully saturated rings. The highest BCUT2D eigenvalue weighted by Gasteiger charge is 1.95. The third-order valence-electron chi connectivity index (χ3n) is 1.28. The molecule has 0 aromatic heterocycles. The second-order valence-corrected chi connectivity index (χ2v) is 3.17. The van der Waals surface area contributed by atoms with Crippen LogP contribution in [0.3, 0.4) is 0 Å². The molecule has 0 aliphatic rings. The van der Waals surface area contributed by atoms with Crippen LogP contribution < -0.4 is 0 Å². The van der Waals surface area contributed by atoms with Gasteiger partial charge in [-0.2, -0.15) is 12.6 Å². The monoisotopic (exact) mass is 189 g/mol. The van der Waals surface area contributed by atoms with E-state index in [-0.39, 0.29) is 0 Å². The molecular formula is C10H23NS. The van der Waals surface area contributed by atoms with E-state index in [4.69, 9.17) is 0 Å². The maximum Gasteiger partial charge on any atom is 0.0298 e. The van der Waals surface area contributed by atoms with Gasteiger partial charge in [-0.1, -0.05) is 33.8 Å². The largest absolute Gasteiger partial charge is 0.378 e. The van der Waals surface area contributed by atoms with Crippen LogP contribution in [0.2, 0.25) is 0 Å². The molecule has 2 heteroatoms. The van der Waals surface area contributed by atoms with Crippen LogP contribution in [0.5, 0.6) is 0 Å². The molecule has 0 saturated heterocycles. The molecule has 0 aromatic carbocycles. The number of nitrogens with zero attached hydrogens (tertiary/aromatic N) is 1. The molecule has 0 aromatic rings. The summed E-state index contributed by atoms with van der Waals surface area (Å²) in [6.45, 7) is 11.3. The van der Waals surface area contributed by atoms with E-state index in [0.717, 1.165) is 18.0 Å². The maximum atomic E-state index is 4.11. The van der Waals surface area contributed by atoms with Crippen LogP contribution in [0, 0.1) is 0 Å². The average Bonchev–Trinajstić information content (AvgIpc) is 2.05. The highest BCUT2D eigenvalue weighted by Crippen LogP contribution is 1.99. The number of rotatable bonds is 4. The fourth-order valence-corrected chi connectivity index (χ4v) is 0.856. The molecule has 0 aliphatic heterocycles. The highest BCUT2D eigenvalue weighted by atomic mass is 32.1. The van der Waals surface area contributed by atoms with Crippen LogP contribution in [-0.4, -0.2) is 24.2 Å². The fourth-order valence-electron chi connectivity index (χ4n) is 0.614. The van der Waals surface area contributed by atoms with Crippen molar-refractivity contribution in [2.75, 3.05) is 19.3 Å². The van der Waals surface area contributed by atoms with E-state index < -0.39 is 0 Å². The second-order valence-electron chi connectivity index (χ2n) is 2.85. The molecule has 12 heavy (non-hydrogen) atoms. The van der Waals surface area contributed by atoms with Gasteiger partial charge in [-0.3, -0.25) is 0 Å². The number of thiol groups is 1. The van der Waals surface area contributed by atoms with Gasteiger partial charge in [0, 0.05) is 25.0 Å². The van der Waals surface area contributed by atoms with Crippen molar-refractivity contribution in [3.05, 3.63) is 12.3 Å². The molecule has 0 radical (unpaired) electrons. The minimum atomic E-state index is 0.760. The van der Waals surface area contributed by atoms with Crippen molar-refractivity contribution < 1.29 is 0 Å². The van der Waals surface area contributed by atoms with Gasteiger partial charge in [-0.05, 0) is 6.42 Å². The van der Waals surface area contributed by atoms with Crippen molar-refractivity contribution in [1.82, 2.24) is 4.90 Å². The second kappa shape index (κ2) is 10.9. The first-order valence-electron chi connectivity index (χ1n) is 4.63. The summed E-state index contributed by atoms with van der Waals surface area (Å²) in [5.41, 5.74) is 1.10. The first kappa shape index (κ1) is 14.4. The molecule has 0 aliphatic carbocycles. The maximum absolute atomic E-state index is 4.11. The summed E-state index contributed by atoms with van der Waals surface area (Å²) in [6, 6.07) is 0. The van der Waals surface area contributed by atoms with Crippen LogP contribution in [0.15, 0.2) is 12.3 Å². The Kier molecular flexibility index (Phi) is 13.1. The first-order valence-corrected chi connectivity index (χ1v) is 5.26. The first-order chi connectivity index (χ1) is 5.63. The lowest BCUT2D eigenvalue weighted by Gasteiger charge is -2.18. The van der Waals surface area contributed by atoms with Crippen molar-refractivity contribution in [2.24, 2.45) is 0 Å². The zero-order chi connectivity index (χ0) is 9.98. The molecule has 0 atom stereocenters. The highest BCUT2D eigenvalue weighted by molar-refractivity contribution is 7.80. The number of hydrogen-bond acceptors (Lipinski definition) is 2. The van der Waals surface area contributed by atoms with Crippen LogP contribution in [0.4, 0.5) is 0 Å². The van der Waals surface area contributed by atoms with E-state index in [1.165, 1.54) is 12.8 Å². The lowest BCUT2D eigenvalue weighted by atomic mass is 10.4. The predicted molar refractivity (Wildman–Crippen MR) is 61.9 cm³/mol. The summed E-state index contributed by atoms with van der Waals surface area (Å²) in [7, 11) is 2.04. The third kappa shape index (κ3) is 9.89. The van der Waals surface area contributed by atoms with E-state index in [2.05, 4.69) is 44.9 Å². The van der Waals surface area contributed by atoms with Gasteiger partial charge in [-0.15, -0.1) is 0 Å². The Bertz CT molecular complexity index is 102. The minimum Gasteiger partial charge on any atom is -0.378 e. The Morgan fingerprint density at radius 3 is 2.00 bits per heavy atom. The van der Waals surface area contributed by atoms with Crippen molar-refractivity contribution in [2.45, 2.75) is 33.6 Å². The predicted octanol–water partition coefficient (Wildman–Crippen LogP) is 3.19. The van der Waals surface area contributed by atoms with Crippen LogP contribution in [0.1, 0.15) is 33.6 Å². The Hall–Kier alpha value is -0.110. The van der Waals surface area contributed by atoms with Gasteiger partial charge >= 0.3 is 0 Å². The summed E-state index contributed by atoms with van der Waals surface area (Å²) in [5, 5.41) is 0. The van der Waals surface area contributed by atoms with Gasteiger partial charge in [0.05, 0.1) is 0 Å². The minimum absolute atomic E-state index is 0.760. The average molecular weight is 189 g/mol. The Labute approximate surface area is 83.3 Å². The Balaban J connectivity index is 0. The van der Waals surface area contributed by atoms with Gasteiger partial charge in [0.2, 0.25) is 0 Å². The summed E-state index contributed by atoms with van der Waals surface area (Å²) < 4.78 is 0. The van der Waals surface area contributed by atoms with Gasteiger partial charge in [0.15, 0.2) is 0 Å². The molecule has 0 amide bonds. The molecule has 0 bridgehead atoms. The normalized spacial score (nSPS) is 8.42. The van der Waals surface area contributed by atoms with Crippen LogP contribution in [0.25, 0.3) is 0 Å². The zero-order valence-corrected chi connectivity index (χ0v) is 9.82. The van der Waals surface area contributed by atoms with Crippen LogP contribution >= 0.6 is 12.6 Å². The molecule has 1 nitrogen and oxygen atoms in total. The van der Waals surface area contributed by atoms with E-state index >= 15 is 0 Å². The smallest absolute Gasteiger partial charge is 0.0298 e. The SMILES string of the molecule is C=C(CS)N(C)CCC.CCC. The van der Waals surface area contributed by atoms with Crippen molar-refractivity contribution in [1.29, 1.82) is 0 Å². The molecule has 0 rings (SSSR count). The molecule has 0 saturated carbocycles. The van der Waals surface area contributed by atoms with Crippen molar-refractivity contribution in [3.8, 4) is 0 Å². The Morgan fingerprint density at radius 1 is 1.33 bits per heavy atom. The van der Waals surface area contributed by atoms with E-state index in [1.807, 2.05) is 7.05 Å². The standard InChI is InChI=1S/C7H15NS.C3H8/c1-4-5-8(3)7(2)6-9;1-3-2/h9H,2,4-6H2,1,3H3;3H2,1-2H3. The van der Waals surface area contributed by atoms with Gasteiger partial charge < -0.3 is 4.90 Å². The van der Waals surface area contributed by atoms with Crippen molar-refractivity contribution in [3.63, 3.8) is 0 Å². The van der Waals surface area contributed by atoms with Crippen LogP contribution in [-0.2, 0) is 0 Å². The lowest BCUT2D eigenvalue weighted by molar-refractivity contribution is 0.422.